The van der Waals surface area contributed by atoms with Crippen molar-refractivity contribution in [3.05, 3.63) is 82.4 Å². The second kappa shape index (κ2) is 9.72. The number of aliphatic hydroxyl groups is 2. The highest BCUT2D eigenvalue weighted by molar-refractivity contribution is 5.65. The van der Waals surface area contributed by atoms with E-state index in [1.165, 1.54) is 42.5 Å². The highest BCUT2D eigenvalue weighted by atomic mass is 16.5. The quantitative estimate of drug-likeness (QED) is 0.159. The molecule has 0 saturated heterocycles. The van der Waals surface area contributed by atoms with E-state index in [0.717, 1.165) is 12.1 Å². The predicted molar refractivity (Wildman–Crippen MR) is 143 cm³/mol. The van der Waals surface area contributed by atoms with Gasteiger partial charge in [-0.2, -0.15) is 0 Å². The van der Waals surface area contributed by atoms with E-state index in [4.69, 9.17) is 9.47 Å². The number of aliphatic hydroxyl groups excluding tert-OH is 2. The van der Waals surface area contributed by atoms with E-state index >= 15 is 0 Å². The molecule has 218 valence electrons. The van der Waals surface area contributed by atoms with Crippen LogP contribution in [0.15, 0.2) is 54.6 Å². The number of benzene rings is 4. The van der Waals surface area contributed by atoms with Crippen molar-refractivity contribution in [1.82, 2.24) is 0 Å². The number of phenols is 8. The first-order chi connectivity index (χ1) is 19.9. The Balaban J connectivity index is 1.47. The number of hydrogen-bond acceptors (Lipinski definition) is 12. The smallest absolute Gasteiger partial charge is 0.157 e. The van der Waals surface area contributed by atoms with Crippen LogP contribution >= 0.6 is 0 Å². The summed E-state index contributed by atoms with van der Waals surface area (Å²) in [6.07, 6.45) is -5.31. The minimum atomic E-state index is -1.60. The second-order valence-electron chi connectivity index (χ2n) is 10.3. The van der Waals surface area contributed by atoms with Crippen molar-refractivity contribution >= 4 is 0 Å². The fourth-order valence-corrected chi connectivity index (χ4v) is 5.70. The number of phenolic OH excluding ortho intramolecular Hbond substituents is 8. The van der Waals surface area contributed by atoms with Gasteiger partial charge in [0.1, 0.15) is 46.7 Å². The van der Waals surface area contributed by atoms with Crippen LogP contribution < -0.4 is 9.47 Å². The molecule has 0 radical (unpaired) electrons. The molecule has 0 bridgehead atoms. The molecule has 12 nitrogen and oxygen atoms in total. The Hall–Kier alpha value is -5.20. The van der Waals surface area contributed by atoms with Gasteiger partial charge in [0.05, 0.1) is 12.0 Å². The molecule has 2 aliphatic rings. The lowest BCUT2D eigenvalue weighted by molar-refractivity contribution is 0.00573. The number of fused-ring (bicyclic) bond motifs is 2. The summed E-state index contributed by atoms with van der Waals surface area (Å²) in [5.41, 5.74) is 0.333. The Bertz CT molecular complexity index is 1720. The van der Waals surface area contributed by atoms with Crippen molar-refractivity contribution in [3.8, 4) is 57.5 Å². The molecule has 6 rings (SSSR count). The lowest BCUT2D eigenvalue weighted by Crippen LogP contribution is -2.35. The summed E-state index contributed by atoms with van der Waals surface area (Å²) in [5.74, 6) is -5.07. The third kappa shape index (κ3) is 4.24. The summed E-state index contributed by atoms with van der Waals surface area (Å²) in [4.78, 5) is 0. The Morgan fingerprint density at radius 3 is 1.74 bits per heavy atom. The van der Waals surface area contributed by atoms with Gasteiger partial charge in [0.25, 0.3) is 0 Å². The maximum Gasteiger partial charge on any atom is 0.157 e. The van der Waals surface area contributed by atoms with Crippen molar-refractivity contribution in [2.75, 3.05) is 0 Å². The van der Waals surface area contributed by atoms with Gasteiger partial charge in [-0.3, -0.25) is 0 Å². The Kier molecular flexibility index (Phi) is 6.24. The molecule has 2 aliphatic heterocycles. The molecule has 2 heterocycles. The van der Waals surface area contributed by atoms with Gasteiger partial charge in [-0.25, -0.2) is 0 Å². The normalized spacial score (nSPS) is 22.9. The van der Waals surface area contributed by atoms with Crippen LogP contribution in [0.1, 0.15) is 45.9 Å². The fraction of sp³-hybridized carbons (Fsp3) is 0.200. The summed E-state index contributed by atoms with van der Waals surface area (Å²) >= 11 is 0. The molecular weight excluding hydrogens is 552 g/mol. The fourth-order valence-electron chi connectivity index (χ4n) is 5.70. The van der Waals surface area contributed by atoms with Crippen LogP contribution in [-0.2, 0) is 6.42 Å². The van der Waals surface area contributed by atoms with Crippen LogP contribution in [0.3, 0.4) is 0 Å². The predicted octanol–water partition coefficient (Wildman–Crippen LogP) is 3.00. The SMILES string of the molecule is Oc1cc(O)c2c(c1)O[C@@H](c1ccc(O)c(O)c1)[C@@H](O)[C@H]2c1c(O)cc2c(c1O)C[C@H](O)[C@H](c1ccc(O)c(O)c1)O2. The van der Waals surface area contributed by atoms with E-state index < -0.39 is 64.8 Å². The molecule has 4 aromatic carbocycles. The van der Waals surface area contributed by atoms with Gasteiger partial charge < -0.3 is 60.5 Å². The van der Waals surface area contributed by atoms with Crippen LogP contribution in [0.2, 0.25) is 0 Å². The average Bonchev–Trinajstić information content (AvgIpc) is 2.93. The Labute approximate surface area is 237 Å². The highest BCUT2D eigenvalue weighted by Crippen LogP contribution is 2.56. The molecule has 42 heavy (non-hydrogen) atoms. The van der Waals surface area contributed by atoms with Crippen LogP contribution in [0.5, 0.6) is 57.5 Å². The summed E-state index contributed by atoms with van der Waals surface area (Å²) < 4.78 is 11.8. The van der Waals surface area contributed by atoms with Gasteiger partial charge in [0, 0.05) is 41.3 Å². The molecular formula is C30H26O12. The molecule has 12 heteroatoms. The molecule has 0 fully saturated rings. The van der Waals surface area contributed by atoms with Gasteiger partial charge >= 0.3 is 0 Å². The molecule has 10 N–H and O–H groups in total. The van der Waals surface area contributed by atoms with Crippen LogP contribution in [-0.4, -0.2) is 63.3 Å². The highest BCUT2D eigenvalue weighted by Gasteiger charge is 2.45. The van der Waals surface area contributed by atoms with Crippen LogP contribution in [0.25, 0.3) is 0 Å². The minimum absolute atomic E-state index is 0.00771. The molecule has 0 amide bonds. The lowest BCUT2D eigenvalue weighted by atomic mass is 9.77. The molecule has 0 unspecified atom stereocenters. The zero-order valence-corrected chi connectivity index (χ0v) is 21.6. The van der Waals surface area contributed by atoms with Gasteiger partial charge in [-0.05, 0) is 35.4 Å². The number of rotatable bonds is 3. The van der Waals surface area contributed by atoms with Crippen LogP contribution in [0.4, 0.5) is 0 Å². The monoisotopic (exact) mass is 578 g/mol. The summed E-state index contributed by atoms with van der Waals surface area (Å²) in [7, 11) is 0. The van der Waals surface area contributed by atoms with E-state index in [-0.39, 0.29) is 51.7 Å². The van der Waals surface area contributed by atoms with E-state index in [2.05, 4.69) is 0 Å². The maximum atomic E-state index is 11.6. The largest absolute Gasteiger partial charge is 0.508 e. The first-order valence-electron chi connectivity index (χ1n) is 12.8. The van der Waals surface area contributed by atoms with Crippen molar-refractivity contribution in [1.29, 1.82) is 0 Å². The summed E-state index contributed by atoms with van der Waals surface area (Å²) in [5, 5.41) is 105. The topological polar surface area (TPSA) is 221 Å². The lowest BCUT2D eigenvalue weighted by Gasteiger charge is -2.39. The van der Waals surface area contributed by atoms with Gasteiger partial charge in [0.15, 0.2) is 29.1 Å². The number of aromatic hydroxyl groups is 8. The summed E-state index contributed by atoms with van der Waals surface area (Å²) in [6, 6.07) is 11.0. The molecule has 0 aromatic heterocycles. The molecule has 4 aromatic rings. The third-order valence-corrected chi connectivity index (χ3v) is 7.69. The molecule has 0 spiro atoms. The van der Waals surface area contributed by atoms with E-state index in [1.807, 2.05) is 0 Å². The van der Waals surface area contributed by atoms with Gasteiger partial charge in [-0.1, -0.05) is 12.1 Å². The third-order valence-electron chi connectivity index (χ3n) is 7.69. The van der Waals surface area contributed by atoms with Crippen molar-refractivity contribution in [2.24, 2.45) is 0 Å². The van der Waals surface area contributed by atoms with Crippen LogP contribution in [0, 0.1) is 0 Å². The average molecular weight is 579 g/mol. The van der Waals surface area contributed by atoms with E-state index in [0.29, 0.717) is 5.56 Å². The standard InChI is InChI=1S/C30H26O12/c31-13-7-19(36)24-23(8-13)42-30(12-2-4-16(33)18(35)6-12)28(40)26(24)25-20(37)10-22-14(27(25)39)9-21(38)29(41-22)11-1-3-15(32)17(34)5-11/h1-8,10,21,26,28-40H,9H2/t21-,26+,28-,29-,30-/m0/s1. The molecule has 5 atom stereocenters. The number of hydrogen-bond donors (Lipinski definition) is 10. The maximum absolute atomic E-state index is 11.6. The Morgan fingerprint density at radius 1 is 0.548 bits per heavy atom. The van der Waals surface area contributed by atoms with Gasteiger partial charge in [0.2, 0.25) is 0 Å². The van der Waals surface area contributed by atoms with Crippen molar-refractivity contribution in [2.45, 2.75) is 36.8 Å². The summed E-state index contributed by atoms with van der Waals surface area (Å²) in [6.45, 7) is 0. The van der Waals surface area contributed by atoms with E-state index in [1.54, 1.807) is 0 Å². The Morgan fingerprint density at radius 2 is 1.12 bits per heavy atom. The van der Waals surface area contributed by atoms with Gasteiger partial charge in [-0.15, -0.1) is 0 Å². The first kappa shape index (κ1) is 27.0. The zero-order valence-electron chi connectivity index (χ0n) is 21.6. The second-order valence-corrected chi connectivity index (χ2v) is 10.3. The van der Waals surface area contributed by atoms with Crippen molar-refractivity contribution < 1.29 is 60.5 Å². The molecule has 0 saturated carbocycles. The minimum Gasteiger partial charge on any atom is -0.508 e. The zero-order chi connectivity index (χ0) is 30.0. The van der Waals surface area contributed by atoms with E-state index in [9.17, 15) is 51.1 Å². The number of ether oxygens (including phenoxy) is 2. The van der Waals surface area contributed by atoms with Crippen molar-refractivity contribution in [3.63, 3.8) is 0 Å². The first-order valence-corrected chi connectivity index (χ1v) is 12.8. The molecule has 0 aliphatic carbocycles.